The topological polar surface area (TPSA) is 30.3 Å². The largest absolute Gasteiger partial charge is 0.370 e. The first-order valence-corrected chi connectivity index (χ1v) is 7.02. The molecule has 0 bridgehead atoms. The number of hydrogen-bond donors (Lipinski definition) is 0. The van der Waals surface area contributed by atoms with Crippen LogP contribution in [-0.2, 0) is 0 Å². The van der Waals surface area contributed by atoms with Gasteiger partial charge in [0.25, 0.3) is 0 Å². The maximum absolute atomic E-state index is 9.02. The van der Waals surface area contributed by atoms with Crippen molar-refractivity contribution in [2.75, 3.05) is 25.0 Å². The van der Waals surface area contributed by atoms with Crippen LogP contribution in [0.4, 0.5) is 5.69 Å². The van der Waals surface area contributed by atoms with E-state index < -0.39 is 0 Å². The second-order valence-corrected chi connectivity index (χ2v) is 5.60. The minimum Gasteiger partial charge on any atom is -0.370 e. The lowest BCUT2D eigenvalue weighted by Crippen LogP contribution is -2.41. The molecule has 19 heavy (non-hydrogen) atoms. The molecule has 2 unspecified atom stereocenters. The van der Waals surface area contributed by atoms with Crippen molar-refractivity contribution in [2.24, 2.45) is 0 Å². The van der Waals surface area contributed by atoms with Crippen LogP contribution in [0.5, 0.6) is 0 Å². The van der Waals surface area contributed by atoms with Gasteiger partial charge in [-0.25, -0.2) is 0 Å². The van der Waals surface area contributed by atoms with Crippen LogP contribution in [0.15, 0.2) is 24.3 Å². The molecule has 3 nitrogen and oxygen atoms in total. The molecule has 1 aromatic carbocycles. The molecule has 1 aromatic rings. The van der Waals surface area contributed by atoms with Crippen LogP contribution in [-0.4, -0.2) is 37.1 Å². The first kappa shape index (κ1) is 13.9. The molecule has 1 heterocycles. The zero-order valence-electron chi connectivity index (χ0n) is 12.1. The average Bonchev–Trinajstić information content (AvgIpc) is 2.53. The summed E-state index contributed by atoms with van der Waals surface area (Å²) in [6, 6.07) is 11.8. The molecule has 0 aliphatic carbocycles. The van der Waals surface area contributed by atoms with Crippen LogP contribution >= 0.6 is 0 Å². The number of anilines is 1. The summed E-state index contributed by atoms with van der Waals surface area (Å²) >= 11 is 0. The molecular formula is C16H23N3. The van der Waals surface area contributed by atoms with Crippen molar-refractivity contribution in [3.8, 4) is 6.07 Å². The Hall–Kier alpha value is -1.53. The predicted molar refractivity (Wildman–Crippen MR) is 79.3 cm³/mol. The summed E-state index contributed by atoms with van der Waals surface area (Å²) in [5, 5.41) is 9.02. The number of rotatable bonds is 2. The highest BCUT2D eigenvalue weighted by Gasteiger charge is 2.26. The Morgan fingerprint density at radius 2 is 2.21 bits per heavy atom. The molecule has 0 spiro atoms. The molecule has 102 valence electrons. The Morgan fingerprint density at radius 3 is 2.89 bits per heavy atom. The van der Waals surface area contributed by atoms with E-state index in [4.69, 9.17) is 5.26 Å². The molecule has 1 aliphatic rings. The zero-order chi connectivity index (χ0) is 13.8. The van der Waals surface area contributed by atoms with Crippen molar-refractivity contribution in [3.05, 3.63) is 29.8 Å². The minimum absolute atomic E-state index is 0.322. The van der Waals surface area contributed by atoms with Gasteiger partial charge in [0.2, 0.25) is 0 Å². The maximum Gasteiger partial charge on any atom is 0.0638 e. The van der Waals surface area contributed by atoms with E-state index in [1.807, 2.05) is 0 Å². The Labute approximate surface area is 116 Å². The van der Waals surface area contributed by atoms with E-state index in [0.717, 1.165) is 19.5 Å². The third kappa shape index (κ3) is 3.27. The van der Waals surface area contributed by atoms with E-state index in [1.165, 1.54) is 11.3 Å². The smallest absolute Gasteiger partial charge is 0.0638 e. The number of aryl methyl sites for hydroxylation is 1. The highest BCUT2D eigenvalue weighted by atomic mass is 15.2. The average molecular weight is 257 g/mol. The van der Waals surface area contributed by atoms with Gasteiger partial charge in [0.1, 0.15) is 0 Å². The Morgan fingerprint density at radius 1 is 1.42 bits per heavy atom. The molecule has 0 saturated carbocycles. The van der Waals surface area contributed by atoms with E-state index in [1.54, 1.807) is 0 Å². The van der Waals surface area contributed by atoms with Gasteiger partial charge in [-0.3, -0.25) is 4.90 Å². The minimum atomic E-state index is 0.322. The standard InChI is InChI=1S/C16H23N3/c1-13-5-4-6-15(11-13)19-10-8-14(2)18(3)16(12-19)7-9-17/h4-6,11,14,16H,7-8,10,12H2,1-3H3. The van der Waals surface area contributed by atoms with Gasteiger partial charge in [0.05, 0.1) is 12.5 Å². The van der Waals surface area contributed by atoms with Gasteiger partial charge in [-0.2, -0.15) is 5.26 Å². The van der Waals surface area contributed by atoms with Crippen molar-refractivity contribution >= 4 is 5.69 Å². The number of nitrogens with zero attached hydrogens (tertiary/aromatic N) is 3. The number of benzene rings is 1. The van der Waals surface area contributed by atoms with Gasteiger partial charge < -0.3 is 4.90 Å². The van der Waals surface area contributed by atoms with Gasteiger partial charge in [0.15, 0.2) is 0 Å². The summed E-state index contributed by atoms with van der Waals surface area (Å²) in [7, 11) is 2.15. The maximum atomic E-state index is 9.02. The Kier molecular flexibility index (Phi) is 4.44. The number of likely N-dealkylation sites (N-methyl/N-ethyl adjacent to an activating group) is 1. The Bertz CT molecular complexity index is 463. The van der Waals surface area contributed by atoms with Crippen molar-refractivity contribution < 1.29 is 0 Å². The molecule has 0 amide bonds. The van der Waals surface area contributed by atoms with Crippen molar-refractivity contribution in [3.63, 3.8) is 0 Å². The van der Waals surface area contributed by atoms with Crippen molar-refractivity contribution in [1.82, 2.24) is 4.90 Å². The van der Waals surface area contributed by atoms with Crippen molar-refractivity contribution in [1.29, 1.82) is 5.26 Å². The number of nitriles is 1. The fourth-order valence-electron chi connectivity index (χ4n) is 2.75. The van der Waals surface area contributed by atoms with Crippen LogP contribution in [0.3, 0.4) is 0 Å². The van der Waals surface area contributed by atoms with E-state index >= 15 is 0 Å². The van der Waals surface area contributed by atoms with Gasteiger partial charge in [-0.05, 0) is 45.0 Å². The molecule has 3 heteroatoms. The predicted octanol–water partition coefficient (Wildman–Crippen LogP) is 2.81. The molecule has 1 fully saturated rings. The van der Waals surface area contributed by atoms with Gasteiger partial charge in [0, 0.05) is 30.9 Å². The third-order valence-corrected chi connectivity index (χ3v) is 4.21. The van der Waals surface area contributed by atoms with Crippen molar-refractivity contribution in [2.45, 2.75) is 38.8 Å². The quantitative estimate of drug-likeness (QED) is 0.816. The van der Waals surface area contributed by atoms with E-state index in [-0.39, 0.29) is 0 Å². The Balaban J connectivity index is 2.20. The lowest BCUT2D eigenvalue weighted by atomic mass is 10.1. The summed E-state index contributed by atoms with van der Waals surface area (Å²) < 4.78 is 0. The highest BCUT2D eigenvalue weighted by Crippen LogP contribution is 2.23. The molecular weight excluding hydrogens is 234 g/mol. The second kappa shape index (κ2) is 6.08. The fraction of sp³-hybridized carbons (Fsp3) is 0.562. The van der Waals surface area contributed by atoms with E-state index in [0.29, 0.717) is 18.5 Å². The molecule has 0 N–H and O–H groups in total. The van der Waals surface area contributed by atoms with Gasteiger partial charge >= 0.3 is 0 Å². The summed E-state index contributed by atoms with van der Waals surface area (Å²) in [6.07, 6.45) is 1.75. The summed E-state index contributed by atoms with van der Waals surface area (Å²) in [5.41, 5.74) is 2.57. The first-order valence-electron chi connectivity index (χ1n) is 7.02. The molecule has 1 saturated heterocycles. The molecule has 2 atom stereocenters. The van der Waals surface area contributed by atoms with Crippen LogP contribution < -0.4 is 4.90 Å². The molecule has 0 aromatic heterocycles. The zero-order valence-corrected chi connectivity index (χ0v) is 12.1. The first-order chi connectivity index (χ1) is 9.11. The highest BCUT2D eigenvalue weighted by molar-refractivity contribution is 5.48. The molecule has 1 aliphatic heterocycles. The van der Waals surface area contributed by atoms with E-state index in [2.05, 4.69) is 61.0 Å². The lowest BCUT2D eigenvalue weighted by Gasteiger charge is -2.30. The second-order valence-electron chi connectivity index (χ2n) is 5.60. The summed E-state index contributed by atoms with van der Waals surface area (Å²) in [5.74, 6) is 0. The third-order valence-electron chi connectivity index (χ3n) is 4.21. The van der Waals surface area contributed by atoms with Crippen LogP contribution in [0.1, 0.15) is 25.3 Å². The molecule has 0 radical (unpaired) electrons. The summed E-state index contributed by atoms with van der Waals surface area (Å²) in [6.45, 7) is 6.39. The normalized spacial score (nSPS) is 24.8. The number of hydrogen-bond acceptors (Lipinski definition) is 3. The molecule has 2 rings (SSSR count). The lowest BCUT2D eigenvalue weighted by molar-refractivity contribution is 0.199. The monoisotopic (exact) mass is 257 g/mol. The van der Waals surface area contributed by atoms with Gasteiger partial charge in [-0.1, -0.05) is 12.1 Å². The van der Waals surface area contributed by atoms with Crippen LogP contribution in [0.25, 0.3) is 0 Å². The SMILES string of the molecule is Cc1cccc(N2CCC(C)N(C)C(CC#N)C2)c1. The van der Waals surface area contributed by atoms with Crippen LogP contribution in [0, 0.1) is 18.3 Å². The van der Waals surface area contributed by atoms with Crippen LogP contribution in [0.2, 0.25) is 0 Å². The fourth-order valence-corrected chi connectivity index (χ4v) is 2.75. The van der Waals surface area contributed by atoms with E-state index in [9.17, 15) is 0 Å². The summed E-state index contributed by atoms with van der Waals surface area (Å²) in [4.78, 5) is 4.79. The van der Waals surface area contributed by atoms with Gasteiger partial charge in [-0.15, -0.1) is 0 Å².